The number of carbonyl (C=O) groups excluding carboxylic acids is 3. The molecular formula is C77H136O6. The van der Waals surface area contributed by atoms with E-state index in [1.807, 2.05) is 0 Å². The van der Waals surface area contributed by atoms with Crippen LogP contribution < -0.4 is 0 Å². The molecule has 6 nitrogen and oxygen atoms in total. The molecule has 0 bridgehead atoms. The fourth-order valence-electron chi connectivity index (χ4n) is 10.5. The van der Waals surface area contributed by atoms with Gasteiger partial charge in [-0.25, -0.2) is 0 Å². The first-order valence-corrected chi connectivity index (χ1v) is 36.1. The van der Waals surface area contributed by atoms with Gasteiger partial charge >= 0.3 is 17.9 Å². The summed E-state index contributed by atoms with van der Waals surface area (Å²) >= 11 is 0. The highest BCUT2D eigenvalue weighted by Crippen LogP contribution is 2.18. The Kier molecular flexibility index (Phi) is 68.2. The van der Waals surface area contributed by atoms with Gasteiger partial charge in [-0.2, -0.15) is 0 Å². The van der Waals surface area contributed by atoms with Crippen LogP contribution in [0.4, 0.5) is 0 Å². The largest absolute Gasteiger partial charge is 0.462 e. The van der Waals surface area contributed by atoms with Crippen LogP contribution in [0.1, 0.15) is 367 Å². The van der Waals surface area contributed by atoms with Crippen LogP contribution >= 0.6 is 0 Å². The van der Waals surface area contributed by atoms with Crippen LogP contribution in [0, 0.1) is 0 Å². The minimum absolute atomic E-state index is 0.0802. The van der Waals surface area contributed by atoms with E-state index >= 15 is 0 Å². The molecule has 0 aliphatic heterocycles. The van der Waals surface area contributed by atoms with Crippen molar-refractivity contribution in [1.29, 1.82) is 0 Å². The van der Waals surface area contributed by atoms with Crippen molar-refractivity contribution >= 4 is 17.9 Å². The van der Waals surface area contributed by atoms with Crippen LogP contribution in [0.2, 0.25) is 0 Å². The van der Waals surface area contributed by atoms with Gasteiger partial charge in [-0.15, -0.1) is 0 Å². The third-order valence-corrected chi connectivity index (χ3v) is 15.9. The molecule has 0 rings (SSSR count). The van der Waals surface area contributed by atoms with Gasteiger partial charge < -0.3 is 14.2 Å². The Morgan fingerprint density at radius 3 is 0.783 bits per heavy atom. The number of esters is 3. The zero-order valence-electron chi connectivity index (χ0n) is 55.2. The first kappa shape index (κ1) is 79.6. The van der Waals surface area contributed by atoms with Crippen LogP contribution in [0.15, 0.2) is 85.1 Å². The topological polar surface area (TPSA) is 78.9 Å². The molecule has 0 saturated heterocycles. The van der Waals surface area contributed by atoms with E-state index < -0.39 is 6.10 Å². The van der Waals surface area contributed by atoms with Gasteiger partial charge in [-0.1, -0.05) is 343 Å². The third-order valence-electron chi connectivity index (χ3n) is 15.9. The highest BCUT2D eigenvalue weighted by atomic mass is 16.6. The summed E-state index contributed by atoms with van der Waals surface area (Å²) in [5.74, 6) is -0.879. The quantitative estimate of drug-likeness (QED) is 0.0261. The van der Waals surface area contributed by atoms with Crippen molar-refractivity contribution < 1.29 is 28.6 Å². The van der Waals surface area contributed by atoms with E-state index in [4.69, 9.17) is 14.2 Å². The highest BCUT2D eigenvalue weighted by Gasteiger charge is 2.19. The van der Waals surface area contributed by atoms with Gasteiger partial charge in [-0.05, 0) is 89.9 Å². The minimum Gasteiger partial charge on any atom is -0.462 e. The molecule has 0 radical (unpaired) electrons. The lowest BCUT2D eigenvalue weighted by Crippen LogP contribution is -2.30. The Bertz CT molecular complexity index is 1570. The fourth-order valence-corrected chi connectivity index (χ4v) is 10.5. The summed E-state index contributed by atoms with van der Waals surface area (Å²) in [6, 6.07) is 0. The Morgan fingerprint density at radius 2 is 0.482 bits per heavy atom. The predicted octanol–water partition coefficient (Wildman–Crippen LogP) is 25.0. The lowest BCUT2D eigenvalue weighted by atomic mass is 10.0. The molecule has 0 heterocycles. The number of allylic oxidation sites excluding steroid dienone is 14. The monoisotopic (exact) mass is 1160 g/mol. The summed E-state index contributed by atoms with van der Waals surface area (Å²) < 4.78 is 17.0. The summed E-state index contributed by atoms with van der Waals surface area (Å²) in [5, 5.41) is 0. The van der Waals surface area contributed by atoms with Crippen molar-refractivity contribution in [3.8, 4) is 0 Å². The molecule has 0 aliphatic carbocycles. The molecule has 0 N–H and O–H groups in total. The number of unbranched alkanes of at least 4 members (excludes halogenated alkanes) is 41. The number of ether oxygens (including phenoxy) is 3. The van der Waals surface area contributed by atoms with Crippen LogP contribution in [0.3, 0.4) is 0 Å². The molecule has 6 heteroatoms. The average molecular weight is 1160 g/mol. The second-order valence-electron chi connectivity index (χ2n) is 24.1. The second kappa shape index (κ2) is 71.1. The SMILES string of the molecule is CC/C=C\C/C=C\C/C=C\C/C=C\C/C=C\C/C=C\CCCCCCCCCCC(=O)OCC(COC(=O)CCCCCCC/C=C\CCCC)OC(=O)CCCCCCCCCCCCCCCCCCCCCCCCCCCCC. The Morgan fingerprint density at radius 1 is 0.253 bits per heavy atom. The molecule has 0 amide bonds. The molecule has 1 unspecified atom stereocenters. The van der Waals surface area contributed by atoms with Crippen molar-refractivity contribution in [3.05, 3.63) is 85.1 Å². The maximum absolute atomic E-state index is 13.0. The van der Waals surface area contributed by atoms with Gasteiger partial charge in [0.25, 0.3) is 0 Å². The Balaban J connectivity index is 4.21. The van der Waals surface area contributed by atoms with Gasteiger partial charge in [0.2, 0.25) is 0 Å². The molecule has 0 aromatic rings. The van der Waals surface area contributed by atoms with Gasteiger partial charge in [0, 0.05) is 19.3 Å². The summed E-state index contributed by atoms with van der Waals surface area (Å²) in [7, 11) is 0. The predicted molar refractivity (Wildman–Crippen MR) is 362 cm³/mol. The molecule has 0 spiro atoms. The Labute approximate surface area is 515 Å². The smallest absolute Gasteiger partial charge is 0.306 e. The van der Waals surface area contributed by atoms with Gasteiger partial charge in [0.05, 0.1) is 0 Å². The second-order valence-corrected chi connectivity index (χ2v) is 24.1. The summed E-state index contributed by atoms with van der Waals surface area (Å²) in [6.45, 7) is 6.53. The summed E-state index contributed by atoms with van der Waals surface area (Å²) in [4.78, 5) is 38.4. The molecule has 0 fully saturated rings. The highest BCUT2D eigenvalue weighted by molar-refractivity contribution is 5.71. The van der Waals surface area contributed by atoms with Crippen molar-refractivity contribution in [2.45, 2.75) is 374 Å². The Hall–Kier alpha value is -3.41. The van der Waals surface area contributed by atoms with Crippen molar-refractivity contribution in [2.75, 3.05) is 13.2 Å². The molecule has 0 saturated carbocycles. The lowest BCUT2D eigenvalue weighted by molar-refractivity contribution is -0.167. The van der Waals surface area contributed by atoms with E-state index in [0.29, 0.717) is 19.3 Å². The molecule has 1 atom stereocenters. The first-order chi connectivity index (χ1) is 41.0. The zero-order valence-corrected chi connectivity index (χ0v) is 55.2. The molecule has 0 aromatic heterocycles. The maximum Gasteiger partial charge on any atom is 0.306 e. The summed E-state index contributed by atoms with van der Waals surface area (Å²) in [6.07, 6.45) is 94.8. The average Bonchev–Trinajstić information content (AvgIpc) is 3.48. The van der Waals surface area contributed by atoms with Crippen molar-refractivity contribution in [2.24, 2.45) is 0 Å². The lowest BCUT2D eigenvalue weighted by Gasteiger charge is -2.18. The van der Waals surface area contributed by atoms with E-state index in [9.17, 15) is 14.4 Å². The molecule has 0 aliphatic rings. The number of carbonyl (C=O) groups is 3. The van der Waals surface area contributed by atoms with Gasteiger partial charge in [0.15, 0.2) is 6.10 Å². The fraction of sp³-hybridized carbons (Fsp3) is 0.779. The summed E-state index contributed by atoms with van der Waals surface area (Å²) in [5.41, 5.74) is 0. The van der Waals surface area contributed by atoms with Crippen LogP contribution in [0.25, 0.3) is 0 Å². The van der Waals surface area contributed by atoms with E-state index in [1.54, 1.807) is 0 Å². The van der Waals surface area contributed by atoms with Gasteiger partial charge in [-0.3, -0.25) is 14.4 Å². The van der Waals surface area contributed by atoms with E-state index in [0.717, 1.165) is 109 Å². The van der Waals surface area contributed by atoms with Crippen molar-refractivity contribution in [1.82, 2.24) is 0 Å². The normalized spacial score (nSPS) is 12.6. The van der Waals surface area contributed by atoms with E-state index in [1.165, 1.54) is 218 Å². The van der Waals surface area contributed by atoms with Crippen LogP contribution in [0.5, 0.6) is 0 Å². The molecule has 83 heavy (non-hydrogen) atoms. The number of rotatable bonds is 66. The standard InChI is InChI=1S/C77H136O6/c1-4-7-10-13-16-19-22-24-26-28-30-32-34-36-38-40-42-44-46-48-50-52-55-58-61-64-67-70-76(79)82-73-74(72-81-75(78)69-66-63-60-57-54-21-18-15-12-9-6-3)83-77(80)71-68-65-62-59-56-53-51-49-47-45-43-41-39-37-35-33-31-29-27-25-23-20-17-14-11-8-5-2/h7,10,15-16,18-19,24,26,30,32,36,38,42,44,74H,4-6,8-9,11-14,17,20-23,25,27-29,31,33-35,37,39-41,43,45-73H2,1-3H3/b10-7-,18-15-,19-16-,26-24-,32-30-,38-36-,44-42-. The minimum atomic E-state index is -0.783. The van der Waals surface area contributed by atoms with Gasteiger partial charge in [0.1, 0.15) is 13.2 Å². The molecule has 480 valence electrons. The number of hydrogen-bond acceptors (Lipinski definition) is 6. The molecule has 0 aromatic carbocycles. The molecular weight excluding hydrogens is 1020 g/mol. The number of hydrogen-bond donors (Lipinski definition) is 0. The first-order valence-electron chi connectivity index (χ1n) is 36.1. The van der Waals surface area contributed by atoms with E-state index in [2.05, 4.69) is 106 Å². The maximum atomic E-state index is 13.0. The zero-order chi connectivity index (χ0) is 59.9. The van der Waals surface area contributed by atoms with E-state index in [-0.39, 0.29) is 31.1 Å². The van der Waals surface area contributed by atoms with Crippen LogP contribution in [-0.2, 0) is 28.6 Å². The van der Waals surface area contributed by atoms with Crippen LogP contribution in [-0.4, -0.2) is 37.2 Å². The third kappa shape index (κ3) is 69.3. The van der Waals surface area contributed by atoms with Crippen molar-refractivity contribution in [3.63, 3.8) is 0 Å².